The number of benzene rings is 1. The maximum absolute atomic E-state index is 11.8. The summed E-state index contributed by atoms with van der Waals surface area (Å²) in [6.07, 6.45) is 0. The standard InChI is InChI=1S/C17H20N6O3/c1-10(2)17(25)26-13-6-4-3-5-11(13)22-23-12-7-8-14(21-16(12)19)20-15(24)9-18/h3-8,10H,9,18H2,1-2H3,(H3,19,20,21,24). The molecule has 136 valence electrons. The SMILES string of the molecule is CC(C)C(=O)Oc1ccccc1N=Nc1ccc(NC(=O)CN)nc1N. The third kappa shape index (κ3) is 5.08. The van der Waals surface area contributed by atoms with Gasteiger partial charge in [-0.15, -0.1) is 10.2 Å². The van der Waals surface area contributed by atoms with Crippen LogP contribution < -0.4 is 21.5 Å². The summed E-state index contributed by atoms with van der Waals surface area (Å²) in [7, 11) is 0. The third-order valence-electron chi connectivity index (χ3n) is 3.17. The van der Waals surface area contributed by atoms with Crippen molar-refractivity contribution in [1.82, 2.24) is 4.98 Å². The summed E-state index contributed by atoms with van der Waals surface area (Å²) < 4.78 is 5.30. The van der Waals surface area contributed by atoms with Gasteiger partial charge in [-0.3, -0.25) is 9.59 Å². The smallest absolute Gasteiger partial charge is 0.313 e. The fraction of sp³-hybridized carbons (Fsp3) is 0.235. The van der Waals surface area contributed by atoms with Crippen molar-refractivity contribution in [2.75, 3.05) is 17.6 Å². The lowest BCUT2D eigenvalue weighted by Gasteiger charge is -2.08. The van der Waals surface area contributed by atoms with Crippen LogP contribution in [0.1, 0.15) is 13.8 Å². The van der Waals surface area contributed by atoms with Crippen molar-refractivity contribution >= 4 is 34.9 Å². The molecule has 1 heterocycles. The number of ether oxygens (including phenoxy) is 1. The Balaban J connectivity index is 2.20. The quantitative estimate of drug-likeness (QED) is 0.412. The van der Waals surface area contributed by atoms with Crippen LogP contribution in [0.5, 0.6) is 5.75 Å². The number of pyridine rings is 1. The number of azo groups is 1. The zero-order chi connectivity index (χ0) is 19.1. The summed E-state index contributed by atoms with van der Waals surface area (Å²) in [5, 5.41) is 10.6. The molecule has 1 aromatic carbocycles. The van der Waals surface area contributed by atoms with E-state index in [1.807, 2.05) is 0 Å². The molecule has 0 radical (unpaired) electrons. The van der Waals surface area contributed by atoms with Gasteiger partial charge in [-0.2, -0.15) is 0 Å². The molecule has 1 aromatic heterocycles. The molecule has 0 saturated carbocycles. The van der Waals surface area contributed by atoms with Crippen molar-refractivity contribution in [2.45, 2.75) is 13.8 Å². The van der Waals surface area contributed by atoms with E-state index in [1.165, 1.54) is 6.07 Å². The van der Waals surface area contributed by atoms with Gasteiger partial charge in [0.15, 0.2) is 11.6 Å². The van der Waals surface area contributed by atoms with E-state index < -0.39 is 0 Å². The van der Waals surface area contributed by atoms with Crippen LogP contribution in [0.4, 0.5) is 23.0 Å². The Morgan fingerprint density at radius 2 is 1.85 bits per heavy atom. The van der Waals surface area contributed by atoms with Gasteiger partial charge in [-0.05, 0) is 24.3 Å². The lowest BCUT2D eigenvalue weighted by molar-refractivity contribution is -0.137. The van der Waals surface area contributed by atoms with Crippen molar-refractivity contribution in [3.8, 4) is 5.75 Å². The second-order valence-electron chi connectivity index (χ2n) is 5.60. The molecule has 0 aliphatic heterocycles. The van der Waals surface area contributed by atoms with Crippen LogP contribution in [-0.4, -0.2) is 23.4 Å². The molecule has 0 bridgehead atoms. The van der Waals surface area contributed by atoms with E-state index in [1.54, 1.807) is 44.2 Å². The Labute approximate surface area is 150 Å². The minimum Gasteiger partial charge on any atom is -0.424 e. The number of rotatable bonds is 6. The van der Waals surface area contributed by atoms with E-state index in [0.717, 1.165) is 0 Å². The third-order valence-corrected chi connectivity index (χ3v) is 3.17. The second-order valence-corrected chi connectivity index (χ2v) is 5.60. The number of amides is 1. The highest BCUT2D eigenvalue weighted by Gasteiger charge is 2.12. The molecule has 26 heavy (non-hydrogen) atoms. The van der Waals surface area contributed by atoms with E-state index >= 15 is 0 Å². The zero-order valence-corrected chi connectivity index (χ0v) is 14.5. The molecule has 0 saturated heterocycles. The number of hydrogen-bond donors (Lipinski definition) is 3. The summed E-state index contributed by atoms with van der Waals surface area (Å²) in [6.45, 7) is 3.32. The lowest BCUT2D eigenvalue weighted by atomic mass is 10.2. The predicted octanol–water partition coefficient (Wildman–Crippen LogP) is 2.54. The minimum absolute atomic E-state index is 0.0835. The van der Waals surface area contributed by atoms with Crippen molar-refractivity contribution in [1.29, 1.82) is 0 Å². The van der Waals surface area contributed by atoms with Crippen LogP contribution >= 0.6 is 0 Å². The molecule has 9 nitrogen and oxygen atoms in total. The fourth-order valence-corrected chi connectivity index (χ4v) is 1.78. The number of para-hydroxylation sites is 1. The number of aromatic nitrogens is 1. The predicted molar refractivity (Wildman–Crippen MR) is 97.4 cm³/mol. The van der Waals surface area contributed by atoms with Crippen LogP contribution in [0.2, 0.25) is 0 Å². The first-order chi connectivity index (χ1) is 12.4. The highest BCUT2D eigenvalue weighted by atomic mass is 16.5. The number of esters is 1. The van der Waals surface area contributed by atoms with Gasteiger partial charge in [0.25, 0.3) is 0 Å². The first kappa shape index (κ1) is 19.0. The molecule has 0 aliphatic rings. The largest absolute Gasteiger partial charge is 0.424 e. The maximum atomic E-state index is 11.8. The van der Waals surface area contributed by atoms with Gasteiger partial charge < -0.3 is 21.5 Å². The molecular weight excluding hydrogens is 336 g/mol. The first-order valence-electron chi connectivity index (χ1n) is 7.89. The van der Waals surface area contributed by atoms with Crippen LogP contribution in [0, 0.1) is 5.92 Å². The van der Waals surface area contributed by atoms with Crippen LogP contribution in [-0.2, 0) is 9.59 Å². The normalized spacial score (nSPS) is 10.9. The molecule has 2 rings (SSSR count). The van der Waals surface area contributed by atoms with Crippen molar-refractivity contribution in [3.05, 3.63) is 36.4 Å². The molecule has 1 amide bonds. The summed E-state index contributed by atoms with van der Waals surface area (Å²) in [5.41, 5.74) is 11.7. The number of carbonyl (C=O) groups is 2. The van der Waals surface area contributed by atoms with Crippen molar-refractivity contribution in [3.63, 3.8) is 0 Å². The summed E-state index contributed by atoms with van der Waals surface area (Å²) >= 11 is 0. The minimum atomic E-state index is -0.382. The Morgan fingerprint density at radius 1 is 1.15 bits per heavy atom. The van der Waals surface area contributed by atoms with Crippen molar-refractivity contribution in [2.24, 2.45) is 21.9 Å². The molecular formula is C17H20N6O3. The number of anilines is 2. The van der Waals surface area contributed by atoms with Gasteiger partial charge in [-0.25, -0.2) is 4.98 Å². The zero-order valence-electron chi connectivity index (χ0n) is 14.5. The van der Waals surface area contributed by atoms with Gasteiger partial charge in [-0.1, -0.05) is 26.0 Å². The number of carbonyl (C=O) groups excluding carboxylic acids is 2. The number of hydrogen-bond acceptors (Lipinski definition) is 8. The van der Waals surface area contributed by atoms with Crippen LogP contribution in [0.25, 0.3) is 0 Å². The second kappa shape index (κ2) is 8.67. The molecule has 5 N–H and O–H groups in total. The molecule has 2 aromatic rings. The maximum Gasteiger partial charge on any atom is 0.313 e. The van der Waals surface area contributed by atoms with Gasteiger partial charge >= 0.3 is 5.97 Å². The number of nitrogen functional groups attached to an aromatic ring is 1. The molecule has 9 heteroatoms. The van der Waals surface area contributed by atoms with E-state index in [2.05, 4.69) is 20.5 Å². The summed E-state index contributed by atoms with van der Waals surface area (Å²) in [4.78, 5) is 27.1. The van der Waals surface area contributed by atoms with Gasteiger partial charge in [0.05, 0.1) is 12.5 Å². The lowest BCUT2D eigenvalue weighted by Crippen LogP contribution is -2.22. The summed E-state index contributed by atoms with van der Waals surface area (Å²) in [6, 6.07) is 9.85. The van der Waals surface area contributed by atoms with E-state index in [4.69, 9.17) is 16.2 Å². The van der Waals surface area contributed by atoms with E-state index in [-0.39, 0.29) is 36.0 Å². The Morgan fingerprint density at radius 3 is 2.50 bits per heavy atom. The average molecular weight is 356 g/mol. The van der Waals surface area contributed by atoms with E-state index in [0.29, 0.717) is 17.1 Å². The Hall–Kier alpha value is -3.33. The molecule has 0 unspecified atom stereocenters. The number of nitrogens with one attached hydrogen (secondary N) is 1. The average Bonchev–Trinajstić information content (AvgIpc) is 2.62. The van der Waals surface area contributed by atoms with Crippen LogP contribution in [0.3, 0.4) is 0 Å². The van der Waals surface area contributed by atoms with Gasteiger partial charge in [0, 0.05) is 0 Å². The number of nitrogens with two attached hydrogens (primary N) is 2. The molecule has 0 spiro atoms. The fourth-order valence-electron chi connectivity index (χ4n) is 1.78. The van der Waals surface area contributed by atoms with E-state index in [9.17, 15) is 9.59 Å². The molecule has 0 aliphatic carbocycles. The monoisotopic (exact) mass is 356 g/mol. The summed E-state index contributed by atoms with van der Waals surface area (Å²) in [5.74, 6) is -0.367. The van der Waals surface area contributed by atoms with Gasteiger partial charge in [0.2, 0.25) is 5.91 Å². The first-order valence-corrected chi connectivity index (χ1v) is 7.89. The molecule has 0 fully saturated rings. The van der Waals surface area contributed by atoms with Crippen LogP contribution in [0.15, 0.2) is 46.6 Å². The van der Waals surface area contributed by atoms with Crippen molar-refractivity contribution < 1.29 is 14.3 Å². The topological polar surface area (TPSA) is 145 Å². The van der Waals surface area contributed by atoms with Gasteiger partial charge in [0.1, 0.15) is 17.2 Å². The molecule has 0 atom stereocenters. The number of nitrogens with zero attached hydrogens (tertiary/aromatic N) is 3. The Bertz CT molecular complexity index is 835. The highest BCUT2D eigenvalue weighted by molar-refractivity contribution is 5.91. The Kier molecular flexibility index (Phi) is 6.34. The highest BCUT2D eigenvalue weighted by Crippen LogP contribution is 2.31.